The van der Waals surface area contributed by atoms with Gasteiger partial charge in [0.2, 0.25) is 0 Å². The number of fused-ring (bicyclic) bond motifs is 3. The summed E-state index contributed by atoms with van der Waals surface area (Å²) in [7, 11) is 0. The van der Waals surface area contributed by atoms with E-state index in [9.17, 15) is 4.79 Å². The minimum Gasteiger partial charge on any atom is -0.297 e. The van der Waals surface area contributed by atoms with Crippen LogP contribution in [0.25, 0.3) is 0 Å². The fourth-order valence-electron chi connectivity index (χ4n) is 7.76. The molecule has 7 unspecified atom stereocenters. The second-order valence-electron chi connectivity index (χ2n) is 10.3. The Hall–Kier alpha value is -1.19. The molecule has 0 spiro atoms. The van der Waals surface area contributed by atoms with Crippen molar-refractivity contribution in [1.82, 2.24) is 15.0 Å². The zero-order valence-corrected chi connectivity index (χ0v) is 18.4. The van der Waals surface area contributed by atoms with Crippen LogP contribution in [-0.4, -0.2) is 20.8 Å². The average molecular weight is 386 g/mol. The smallest absolute Gasteiger partial charge is 0.159 e. The second kappa shape index (κ2) is 7.91. The van der Waals surface area contributed by atoms with E-state index >= 15 is 0 Å². The topological polar surface area (TPSA) is 47.8 Å². The predicted octanol–water partition coefficient (Wildman–Crippen LogP) is 5.45. The zero-order valence-electron chi connectivity index (χ0n) is 18.4. The Morgan fingerprint density at radius 1 is 1.18 bits per heavy atom. The van der Waals surface area contributed by atoms with E-state index in [1.54, 1.807) is 11.0 Å². The van der Waals surface area contributed by atoms with Crippen molar-refractivity contribution in [2.45, 2.75) is 92.0 Å². The van der Waals surface area contributed by atoms with Gasteiger partial charge in [-0.3, -0.25) is 4.79 Å². The first-order valence-corrected chi connectivity index (χ1v) is 11.9. The predicted molar refractivity (Wildman–Crippen MR) is 112 cm³/mol. The number of carbonyl (C=O) groups excluding carboxylic acids is 1. The lowest BCUT2D eigenvalue weighted by Gasteiger charge is -2.54. The van der Waals surface area contributed by atoms with Gasteiger partial charge in [-0.25, -0.2) is 0 Å². The van der Waals surface area contributed by atoms with Crippen LogP contribution < -0.4 is 0 Å². The number of aryl methyl sites for hydroxylation is 1. The minimum atomic E-state index is 0.205. The molecule has 4 nitrogen and oxygen atoms in total. The maximum absolute atomic E-state index is 13.2. The minimum absolute atomic E-state index is 0.205. The lowest BCUT2D eigenvalue weighted by molar-refractivity contribution is -0.131. The Morgan fingerprint density at radius 2 is 2.00 bits per heavy atom. The van der Waals surface area contributed by atoms with Gasteiger partial charge in [0.25, 0.3) is 0 Å². The number of nitrogens with zero attached hydrogens (tertiary/aromatic N) is 3. The number of Topliss-reactive ketones (excluding diaryl/α,β-unsaturated/α-hetero) is 1. The molecule has 3 saturated carbocycles. The van der Waals surface area contributed by atoms with Crippen molar-refractivity contribution in [2.24, 2.45) is 40.9 Å². The third-order valence-electron chi connectivity index (χ3n) is 9.00. The van der Waals surface area contributed by atoms with Gasteiger partial charge >= 0.3 is 0 Å². The van der Waals surface area contributed by atoms with Gasteiger partial charge in [-0.05, 0) is 80.5 Å². The van der Waals surface area contributed by atoms with E-state index in [-0.39, 0.29) is 11.3 Å². The molecule has 0 amide bonds. The maximum Gasteiger partial charge on any atom is 0.159 e. The largest absolute Gasteiger partial charge is 0.297 e. The third kappa shape index (κ3) is 3.35. The normalized spacial score (nSPS) is 40.1. The van der Waals surface area contributed by atoms with Crippen LogP contribution in [0.3, 0.4) is 0 Å². The van der Waals surface area contributed by atoms with E-state index in [1.165, 1.54) is 51.4 Å². The summed E-state index contributed by atoms with van der Waals surface area (Å²) in [5.41, 5.74) is 1.09. The Morgan fingerprint density at radius 3 is 2.68 bits per heavy atom. The quantitative estimate of drug-likeness (QED) is 0.654. The van der Waals surface area contributed by atoms with Gasteiger partial charge in [0.05, 0.1) is 11.9 Å². The van der Waals surface area contributed by atoms with E-state index in [0.717, 1.165) is 41.7 Å². The molecule has 3 aliphatic rings. The first-order valence-electron chi connectivity index (χ1n) is 11.9. The molecule has 4 rings (SSSR count). The van der Waals surface area contributed by atoms with E-state index in [1.807, 2.05) is 6.92 Å². The molecule has 3 aliphatic carbocycles. The Kier molecular flexibility index (Phi) is 5.68. The highest BCUT2D eigenvalue weighted by Crippen LogP contribution is 2.63. The molecule has 4 heteroatoms. The third-order valence-corrected chi connectivity index (χ3v) is 9.00. The van der Waals surface area contributed by atoms with Crippen molar-refractivity contribution in [3.05, 3.63) is 11.9 Å². The van der Waals surface area contributed by atoms with Crippen LogP contribution in [0.4, 0.5) is 0 Å². The first kappa shape index (κ1) is 20.1. The van der Waals surface area contributed by atoms with Gasteiger partial charge < -0.3 is 0 Å². The van der Waals surface area contributed by atoms with Gasteiger partial charge in [-0.15, -0.1) is 0 Å². The van der Waals surface area contributed by atoms with Gasteiger partial charge in [0, 0.05) is 5.92 Å². The highest BCUT2D eigenvalue weighted by Gasteiger charge is 2.57. The number of ketones is 1. The summed E-state index contributed by atoms with van der Waals surface area (Å²) in [6, 6.07) is 0. The maximum atomic E-state index is 13.2. The highest BCUT2D eigenvalue weighted by molar-refractivity contribution is 5.82. The first-order chi connectivity index (χ1) is 13.5. The van der Waals surface area contributed by atoms with Gasteiger partial charge in [0.1, 0.15) is 6.54 Å². The molecular weight excluding hydrogens is 346 g/mol. The molecule has 0 bridgehead atoms. The molecule has 1 aromatic heterocycles. The molecule has 28 heavy (non-hydrogen) atoms. The number of aromatic nitrogens is 3. The molecule has 0 radical (unpaired) electrons. The Balaban J connectivity index is 1.50. The van der Waals surface area contributed by atoms with Crippen LogP contribution in [0, 0.1) is 47.8 Å². The highest BCUT2D eigenvalue weighted by atomic mass is 16.1. The van der Waals surface area contributed by atoms with Crippen molar-refractivity contribution in [3.63, 3.8) is 0 Å². The van der Waals surface area contributed by atoms with Gasteiger partial charge in [0.15, 0.2) is 5.78 Å². The number of hydrogen-bond acceptors (Lipinski definition) is 3. The molecule has 0 aliphatic heterocycles. The van der Waals surface area contributed by atoms with Crippen LogP contribution in [0.1, 0.15) is 84.3 Å². The fraction of sp³-hybridized carbons (Fsp3) is 0.875. The average Bonchev–Trinajstić information content (AvgIpc) is 3.24. The Labute approximate surface area is 170 Å². The molecule has 156 valence electrons. The van der Waals surface area contributed by atoms with Crippen molar-refractivity contribution < 1.29 is 4.79 Å². The van der Waals surface area contributed by atoms with Crippen molar-refractivity contribution >= 4 is 5.78 Å². The zero-order chi connectivity index (χ0) is 19.9. The van der Waals surface area contributed by atoms with Crippen LogP contribution in [0.2, 0.25) is 0 Å². The monoisotopic (exact) mass is 385 g/mol. The molecule has 0 saturated heterocycles. The molecule has 1 heterocycles. The van der Waals surface area contributed by atoms with Crippen LogP contribution >= 0.6 is 0 Å². The summed E-state index contributed by atoms with van der Waals surface area (Å²) < 4.78 is 0. The molecule has 3 fully saturated rings. The van der Waals surface area contributed by atoms with E-state index < -0.39 is 0 Å². The van der Waals surface area contributed by atoms with Crippen LogP contribution in [0.5, 0.6) is 0 Å². The fourth-order valence-corrected chi connectivity index (χ4v) is 7.76. The summed E-state index contributed by atoms with van der Waals surface area (Å²) in [5, 5.41) is 8.60. The van der Waals surface area contributed by atoms with E-state index in [4.69, 9.17) is 0 Å². The standard InChI is InChI=1S/C24H39N3O/c1-5-7-18-17(6-2)8-9-20-19(18)12-13-24(4)21(20)10-11-22(24)23(28)15-27-25-14-16(3)26-27/h14,17-22H,5-13,15H2,1-4H3. The second-order valence-corrected chi connectivity index (χ2v) is 10.3. The summed E-state index contributed by atoms with van der Waals surface area (Å²) >= 11 is 0. The van der Waals surface area contributed by atoms with E-state index in [0.29, 0.717) is 12.3 Å². The Bertz CT molecular complexity index is 698. The number of carbonyl (C=O) groups is 1. The number of rotatable bonds is 6. The summed E-state index contributed by atoms with van der Waals surface area (Å²) in [6.45, 7) is 9.49. The molecule has 0 N–H and O–H groups in total. The molecule has 1 aromatic rings. The van der Waals surface area contributed by atoms with Gasteiger partial charge in [-0.2, -0.15) is 15.0 Å². The summed E-state index contributed by atoms with van der Waals surface area (Å²) in [4.78, 5) is 14.8. The molecule has 0 aromatic carbocycles. The SMILES string of the molecule is CCCC1C(CC)CCC2C1CCC1(C)C(C(=O)Cn3ncc(C)n3)CCC21. The van der Waals surface area contributed by atoms with Crippen molar-refractivity contribution in [2.75, 3.05) is 0 Å². The lowest BCUT2D eigenvalue weighted by atomic mass is 9.50. The van der Waals surface area contributed by atoms with E-state index in [2.05, 4.69) is 31.0 Å². The number of hydrogen-bond donors (Lipinski definition) is 0. The van der Waals surface area contributed by atoms with Crippen LogP contribution in [-0.2, 0) is 11.3 Å². The summed E-state index contributed by atoms with van der Waals surface area (Å²) in [6.07, 6.45) is 13.6. The lowest BCUT2D eigenvalue weighted by Crippen LogP contribution is -2.48. The molecular formula is C24H39N3O. The van der Waals surface area contributed by atoms with Crippen molar-refractivity contribution in [3.8, 4) is 0 Å². The van der Waals surface area contributed by atoms with Crippen molar-refractivity contribution in [1.29, 1.82) is 0 Å². The van der Waals surface area contributed by atoms with Gasteiger partial charge in [-0.1, -0.05) is 40.0 Å². The van der Waals surface area contributed by atoms with Crippen LogP contribution in [0.15, 0.2) is 6.20 Å². The molecule has 7 atom stereocenters. The summed E-state index contributed by atoms with van der Waals surface area (Å²) in [5.74, 6) is 4.99.